The highest BCUT2D eigenvalue weighted by atomic mass is 16.3. The zero-order valence-electron chi connectivity index (χ0n) is 12.8. The predicted molar refractivity (Wildman–Crippen MR) is 85.0 cm³/mol. The fourth-order valence-corrected chi connectivity index (χ4v) is 5.84. The number of aromatic hydroxyl groups is 1. The first-order chi connectivity index (χ1) is 10.1. The number of rotatable bonds is 0. The summed E-state index contributed by atoms with van der Waals surface area (Å²) in [7, 11) is 0. The van der Waals surface area contributed by atoms with Crippen molar-refractivity contribution in [2.75, 3.05) is 0 Å². The molecule has 0 radical (unpaired) electrons. The molecule has 0 amide bonds. The molecule has 0 heterocycles. The number of hydrogen-bond donors (Lipinski definition) is 1. The molecule has 2 saturated carbocycles. The van der Waals surface area contributed by atoms with Gasteiger partial charge in [-0.15, -0.1) is 12.3 Å². The van der Waals surface area contributed by atoms with Gasteiger partial charge < -0.3 is 5.11 Å². The molecule has 0 aromatic heterocycles. The van der Waals surface area contributed by atoms with E-state index in [2.05, 4.69) is 18.9 Å². The molecule has 1 aromatic carbocycles. The van der Waals surface area contributed by atoms with Crippen LogP contribution in [0.2, 0.25) is 0 Å². The molecule has 2 fully saturated rings. The van der Waals surface area contributed by atoms with Crippen molar-refractivity contribution in [3.63, 3.8) is 0 Å². The largest absolute Gasteiger partial charge is 0.508 e. The van der Waals surface area contributed by atoms with Crippen molar-refractivity contribution in [3.05, 3.63) is 29.3 Å². The average molecular weight is 280 g/mol. The Labute approximate surface area is 127 Å². The first kappa shape index (κ1) is 13.3. The maximum absolute atomic E-state index is 9.72. The summed E-state index contributed by atoms with van der Waals surface area (Å²) < 4.78 is 0. The molecule has 1 nitrogen and oxygen atoms in total. The first-order valence-corrected chi connectivity index (χ1v) is 8.41. The van der Waals surface area contributed by atoms with Crippen LogP contribution in [0.1, 0.15) is 56.1 Å². The van der Waals surface area contributed by atoms with E-state index in [0.29, 0.717) is 23.0 Å². The van der Waals surface area contributed by atoms with Crippen LogP contribution in [0.25, 0.3) is 0 Å². The van der Waals surface area contributed by atoms with Crippen LogP contribution in [0, 0.1) is 35.5 Å². The quantitative estimate of drug-likeness (QED) is 0.694. The number of phenolic OH excluding ortho intramolecular Hbond substituents is 1. The second-order valence-corrected chi connectivity index (χ2v) is 7.64. The van der Waals surface area contributed by atoms with Crippen LogP contribution in [0.15, 0.2) is 18.2 Å². The van der Waals surface area contributed by atoms with Crippen molar-refractivity contribution < 1.29 is 5.11 Å². The first-order valence-electron chi connectivity index (χ1n) is 8.41. The van der Waals surface area contributed by atoms with Gasteiger partial charge in [0.15, 0.2) is 0 Å². The minimum absolute atomic E-state index is 0.379. The second kappa shape index (κ2) is 4.54. The smallest absolute Gasteiger partial charge is 0.115 e. The van der Waals surface area contributed by atoms with Crippen molar-refractivity contribution in [2.24, 2.45) is 23.2 Å². The second-order valence-electron chi connectivity index (χ2n) is 7.64. The Balaban J connectivity index is 1.70. The minimum Gasteiger partial charge on any atom is -0.508 e. The number of hydrogen-bond acceptors (Lipinski definition) is 1. The Morgan fingerprint density at radius 1 is 1.24 bits per heavy atom. The van der Waals surface area contributed by atoms with Gasteiger partial charge in [0.1, 0.15) is 5.75 Å². The highest BCUT2D eigenvalue weighted by Crippen LogP contribution is 2.62. The number of aryl methyl sites for hydroxylation is 1. The zero-order valence-corrected chi connectivity index (χ0v) is 12.8. The van der Waals surface area contributed by atoms with Gasteiger partial charge in [-0.05, 0) is 85.0 Å². The molecule has 4 rings (SSSR count). The normalized spacial score (nSPS) is 40.8. The minimum atomic E-state index is 0.379. The molecule has 1 aromatic rings. The van der Waals surface area contributed by atoms with E-state index in [1.165, 1.54) is 43.2 Å². The Morgan fingerprint density at radius 2 is 2.10 bits per heavy atom. The molecule has 3 unspecified atom stereocenters. The van der Waals surface area contributed by atoms with Crippen LogP contribution >= 0.6 is 0 Å². The summed E-state index contributed by atoms with van der Waals surface area (Å²) in [5.41, 5.74) is 3.27. The standard InChI is InChI=1S/C20H24O/c1-3-14-5-9-19-18-7-4-13-12-15(21)6-8-16(13)17(18)10-11-20(14,19)2/h1,6,8,12,14,17-19,21H,4-5,7,9-11H2,2H3/t14-,17?,18?,19?,20+/m0/s1. The lowest BCUT2D eigenvalue weighted by molar-refractivity contribution is 0.0432. The van der Waals surface area contributed by atoms with Crippen LogP contribution in [0.5, 0.6) is 5.75 Å². The Morgan fingerprint density at radius 3 is 2.90 bits per heavy atom. The van der Waals surface area contributed by atoms with Crippen LogP contribution in [-0.4, -0.2) is 5.11 Å². The summed E-state index contributed by atoms with van der Waals surface area (Å²) in [5, 5.41) is 9.72. The van der Waals surface area contributed by atoms with E-state index in [1.807, 2.05) is 12.1 Å². The molecular formula is C20H24O. The maximum Gasteiger partial charge on any atom is 0.115 e. The predicted octanol–water partition coefficient (Wildman–Crippen LogP) is 4.50. The third-order valence-electron chi connectivity index (χ3n) is 6.91. The van der Waals surface area contributed by atoms with E-state index in [-0.39, 0.29) is 0 Å². The maximum atomic E-state index is 9.72. The lowest BCUT2D eigenvalue weighted by atomic mass is 9.54. The number of benzene rings is 1. The third-order valence-corrected chi connectivity index (χ3v) is 6.91. The fraction of sp³-hybridized carbons (Fsp3) is 0.600. The Hall–Kier alpha value is -1.42. The molecule has 3 aliphatic rings. The lowest BCUT2D eigenvalue weighted by Gasteiger charge is -2.50. The van der Waals surface area contributed by atoms with Gasteiger partial charge in [0.25, 0.3) is 0 Å². The molecule has 21 heavy (non-hydrogen) atoms. The summed E-state index contributed by atoms with van der Waals surface area (Å²) in [6.07, 6.45) is 13.3. The van der Waals surface area contributed by atoms with E-state index < -0.39 is 0 Å². The van der Waals surface area contributed by atoms with Crippen molar-refractivity contribution in [3.8, 4) is 18.1 Å². The van der Waals surface area contributed by atoms with Gasteiger partial charge in [-0.25, -0.2) is 0 Å². The van der Waals surface area contributed by atoms with Crippen molar-refractivity contribution >= 4 is 0 Å². The Kier molecular flexibility index (Phi) is 2.86. The number of terminal acetylenes is 1. The molecular weight excluding hydrogens is 256 g/mol. The lowest BCUT2D eigenvalue weighted by Crippen LogP contribution is -2.42. The summed E-state index contributed by atoms with van der Waals surface area (Å²) in [5.74, 6) is 6.31. The highest BCUT2D eigenvalue weighted by molar-refractivity contribution is 5.40. The van der Waals surface area contributed by atoms with E-state index in [0.717, 1.165) is 18.3 Å². The van der Waals surface area contributed by atoms with Gasteiger partial charge >= 0.3 is 0 Å². The van der Waals surface area contributed by atoms with Crippen molar-refractivity contribution in [2.45, 2.75) is 51.4 Å². The summed E-state index contributed by atoms with van der Waals surface area (Å²) >= 11 is 0. The van der Waals surface area contributed by atoms with E-state index >= 15 is 0 Å². The molecule has 0 aliphatic heterocycles. The Bertz CT molecular complexity index is 611. The number of fused-ring (bicyclic) bond motifs is 5. The van der Waals surface area contributed by atoms with Crippen molar-refractivity contribution in [1.29, 1.82) is 0 Å². The molecule has 110 valence electrons. The van der Waals surface area contributed by atoms with Crippen LogP contribution < -0.4 is 0 Å². The molecule has 1 heteroatoms. The molecule has 1 N–H and O–H groups in total. The van der Waals surface area contributed by atoms with Crippen molar-refractivity contribution in [1.82, 2.24) is 0 Å². The molecule has 3 aliphatic carbocycles. The average Bonchev–Trinajstić information content (AvgIpc) is 2.83. The summed E-state index contributed by atoms with van der Waals surface area (Å²) in [6, 6.07) is 6.03. The number of phenols is 1. The van der Waals surface area contributed by atoms with Crippen LogP contribution in [0.4, 0.5) is 0 Å². The summed E-state index contributed by atoms with van der Waals surface area (Å²) in [6.45, 7) is 2.46. The van der Waals surface area contributed by atoms with Gasteiger partial charge in [-0.2, -0.15) is 0 Å². The van der Waals surface area contributed by atoms with Gasteiger partial charge in [-0.3, -0.25) is 0 Å². The molecule has 0 spiro atoms. The topological polar surface area (TPSA) is 20.2 Å². The van der Waals surface area contributed by atoms with Crippen LogP contribution in [-0.2, 0) is 6.42 Å². The summed E-state index contributed by atoms with van der Waals surface area (Å²) in [4.78, 5) is 0. The van der Waals surface area contributed by atoms with Gasteiger partial charge in [0.05, 0.1) is 0 Å². The molecule has 0 bridgehead atoms. The molecule has 5 atom stereocenters. The van der Waals surface area contributed by atoms with E-state index in [4.69, 9.17) is 6.42 Å². The van der Waals surface area contributed by atoms with Crippen LogP contribution in [0.3, 0.4) is 0 Å². The van der Waals surface area contributed by atoms with Gasteiger partial charge in [0, 0.05) is 5.92 Å². The fourth-order valence-electron chi connectivity index (χ4n) is 5.84. The zero-order chi connectivity index (χ0) is 14.6. The van der Waals surface area contributed by atoms with E-state index in [1.54, 1.807) is 0 Å². The van der Waals surface area contributed by atoms with Gasteiger partial charge in [-0.1, -0.05) is 13.0 Å². The third kappa shape index (κ3) is 1.78. The van der Waals surface area contributed by atoms with E-state index in [9.17, 15) is 5.11 Å². The monoisotopic (exact) mass is 280 g/mol. The van der Waals surface area contributed by atoms with Gasteiger partial charge in [0.2, 0.25) is 0 Å². The molecule has 0 saturated heterocycles. The SMILES string of the molecule is C#C[C@H]1CCC2C3CCc4cc(O)ccc4C3CC[C@@]21C. The highest BCUT2D eigenvalue weighted by Gasteiger charge is 2.54.